The van der Waals surface area contributed by atoms with Gasteiger partial charge in [-0.15, -0.1) is 0 Å². The molecule has 0 radical (unpaired) electrons. The minimum Gasteiger partial charge on any atom is -0.490 e. The zero-order valence-electron chi connectivity index (χ0n) is 10.7. The lowest BCUT2D eigenvalue weighted by Crippen LogP contribution is -2.23. The van der Waals surface area contributed by atoms with Gasteiger partial charge in [-0.2, -0.15) is 0 Å². The summed E-state index contributed by atoms with van der Waals surface area (Å²) in [5, 5.41) is 4.15. The van der Waals surface area contributed by atoms with Crippen molar-refractivity contribution >= 4 is 11.6 Å². The Kier molecular flexibility index (Phi) is 3.95. The molecule has 2 rings (SSSR count). The van der Waals surface area contributed by atoms with Crippen LogP contribution in [0.2, 0.25) is 5.02 Å². The van der Waals surface area contributed by atoms with E-state index in [9.17, 15) is 0 Å². The molecule has 1 saturated carbocycles. The van der Waals surface area contributed by atoms with E-state index < -0.39 is 0 Å². The Labute approximate surface area is 108 Å². The molecule has 0 aliphatic heterocycles. The van der Waals surface area contributed by atoms with E-state index in [0.717, 1.165) is 34.7 Å². The molecule has 1 aliphatic carbocycles. The molecule has 1 aromatic rings. The van der Waals surface area contributed by atoms with Crippen molar-refractivity contribution in [1.82, 2.24) is 5.32 Å². The Balaban J connectivity index is 2.04. The molecule has 0 bridgehead atoms. The van der Waals surface area contributed by atoms with Crippen LogP contribution >= 0.6 is 11.6 Å². The molecule has 0 amide bonds. The van der Waals surface area contributed by atoms with Gasteiger partial charge in [-0.1, -0.05) is 11.6 Å². The molecule has 17 heavy (non-hydrogen) atoms. The second kappa shape index (κ2) is 5.28. The van der Waals surface area contributed by atoms with Gasteiger partial charge in [-0.3, -0.25) is 0 Å². The predicted octanol–water partition coefficient (Wildman–Crippen LogP) is 3.48. The lowest BCUT2D eigenvalue weighted by atomic mass is 10.1. The standard InChI is InChI=1S/C14H20ClNO/c1-9-6-13(7-10(2)14(9)15)17-12-5-4-11(8-12)16-3/h6-7,11-12,16H,4-5,8H2,1-3H3. The number of aryl methyl sites for hydroxylation is 2. The molecule has 1 fully saturated rings. The fourth-order valence-corrected chi connectivity index (χ4v) is 2.59. The first-order chi connectivity index (χ1) is 8.10. The number of hydrogen-bond donors (Lipinski definition) is 1. The molecular weight excluding hydrogens is 234 g/mol. The number of nitrogens with one attached hydrogen (secondary N) is 1. The first kappa shape index (κ1) is 12.7. The van der Waals surface area contributed by atoms with Crippen LogP contribution in [-0.4, -0.2) is 19.2 Å². The summed E-state index contributed by atoms with van der Waals surface area (Å²) in [5.41, 5.74) is 2.18. The fourth-order valence-electron chi connectivity index (χ4n) is 2.48. The molecule has 0 aromatic heterocycles. The molecule has 3 heteroatoms. The van der Waals surface area contributed by atoms with Gasteiger partial charge in [-0.05, 0) is 63.4 Å². The van der Waals surface area contributed by atoms with E-state index >= 15 is 0 Å². The highest BCUT2D eigenvalue weighted by Gasteiger charge is 2.24. The van der Waals surface area contributed by atoms with Crippen LogP contribution in [0.25, 0.3) is 0 Å². The number of rotatable bonds is 3. The van der Waals surface area contributed by atoms with Crippen LogP contribution in [-0.2, 0) is 0 Å². The highest BCUT2D eigenvalue weighted by Crippen LogP contribution is 2.29. The second-order valence-corrected chi connectivity index (χ2v) is 5.29. The van der Waals surface area contributed by atoms with E-state index in [1.165, 1.54) is 6.42 Å². The summed E-state index contributed by atoms with van der Waals surface area (Å²) in [4.78, 5) is 0. The molecule has 1 aliphatic rings. The van der Waals surface area contributed by atoms with Crippen LogP contribution < -0.4 is 10.1 Å². The predicted molar refractivity (Wildman–Crippen MR) is 72.0 cm³/mol. The smallest absolute Gasteiger partial charge is 0.120 e. The van der Waals surface area contributed by atoms with E-state index in [2.05, 4.69) is 5.32 Å². The van der Waals surface area contributed by atoms with Crippen LogP contribution in [0.4, 0.5) is 0 Å². The quantitative estimate of drug-likeness (QED) is 0.891. The van der Waals surface area contributed by atoms with Crippen molar-refractivity contribution in [2.45, 2.75) is 45.3 Å². The van der Waals surface area contributed by atoms with Gasteiger partial charge in [-0.25, -0.2) is 0 Å². The molecule has 0 heterocycles. The van der Waals surface area contributed by atoms with E-state index in [4.69, 9.17) is 16.3 Å². The Morgan fingerprint density at radius 2 is 1.88 bits per heavy atom. The highest BCUT2D eigenvalue weighted by molar-refractivity contribution is 6.32. The van der Waals surface area contributed by atoms with Crippen molar-refractivity contribution in [1.29, 1.82) is 0 Å². The summed E-state index contributed by atoms with van der Waals surface area (Å²) >= 11 is 6.15. The maximum Gasteiger partial charge on any atom is 0.120 e. The molecule has 2 unspecified atom stereocenters. The van der Waals surface area contributed by atoms with Crippen LogP contribution in [0, 0.1) is 13.8 Å². The second-order valence-electron chi connectivity index (χ2n) is 4.91. The Hall–Kier alpha value is -0.730. The zero-order valence-corrected chi connectivity index (χ0v) is 11.5. The average Bonchev–Trinajstić information content (AvgIpc) is 2.73. The Bertz CT molecular complexity index is 382. The van der Waals surface area contributed by atoms with Gasteiger partial charge in [0.25, 0.3) is 0 Å². The van der Waals surface area contributed by atoms with E-state index in [-0.39, 0.29) is 0 Å². The third-order valence-electron chi connectivity index (χ3n) is 3.51. The van der Waals surface area contributed by atoms with Crippen molar-refractivity contribution in [3.63, 3.8) is 0 Å². The first-order valence-corrected chi connectivity index (χ1v) is 6.58. The first-order valence-electron chi connectivity index (χ1n) is 6.21. The number of ether oxygens (including phenoxy) is 1. The van der Waals surface area contributed by atoms with Gasteiger partial charge in [0.15, 0.2) is 0 Å². The van der Waals surface area contributed by atoms with Crippen LogP contribution in [0.15, 0.2) is 12.1 Å². The molecule has 0 spiro atoms. The summed E-state index contributed by atoms with van der Waals surface area (Å²) < 4.78 is 6.03. The van der Waals surface area contributed by atoms with E-state index in [0.29, 0.717) is 12.1 Å². The van der Waals surface area contributed by atoms with Crippen molar-refractivity contribution in [3.05, 3.63) is 28.3 Å². The van der Waals surface area contributed by atoms with Gasteiger partial charge < -0.3 is 10.1 Å². The topological polar surface area (TPSA) is 21.3 Å². The van der Waals surface area contributed by atoms with Crippen LogP contribution in [0.1, 0.15) is 30.4 Å². The van der Waals surface area contributed by atoms with Crippen LogP contribution in [0.3, 0.4) is 0 Å². The van der Waals surface area contributed by atoms with Crippen LogP contribution in [0.5, 0.6) is 5.75 Å². The Morgan fingerprint density at radius 1 is 1.24 bits per heavy atom. The zero-order chi connectivity index (χ0) is 12.4. The van der Waals surface area contributed by atoms with Gasteiger partial charge in [0.05, 0.1) is 0 Å². The molecule has 1 N–H and O–H groups in total. The highest BCUT2D eigenvalue weighted by atomic mass is 35.5. The lowest BCUT2D eigenvalue weighted by Gasteiger charge is -2.16. The third-order valence-corrected chi connectivity index (χ3v) is 4.10. The summed E-state index contributed by atoms with van der Waals surface area (Å²) in [6.07, 6.45) is 3.77. The van der Waals surface area contributed by atoms with Gasteiger partial charge in [0.1, 0.15) is 11.9 Å². The monoisotopic (exact) mass is 253 g/mol. The largest absolute Gasteiger partial charge is 0.490 e. The molecule has 1 aromatic carbocycles. The van der Waals surface area contributed by atoms with Gasteiger partial charge in [0.2, 0.25) is 0 Å². The van der Waals surface area contributed by atoms with E-state index in [1.54, 1.807) is 0 Å². The molecule has 0 saturated heterocycles. The normalized spacial score (nSPS) is 24.0. The summed E-state index contributed by atoms with van der Waals surface area (Å²) in [5.74, 6) is 0.950. The summed E-state index contributed by atoms with van der Waals surface area (Å²) in [6.45, 7) is 4.04. The maximum absolute atomic E-state index is 6.15. The van der Waals surface area contributed by atoms with E-state index in [1.807, 2.05) is 33.0 Å². The van der Waals surface area contributed by atoms with Gasteiger partial charge in [0, 0.05) is 11.1 Å². The third kappa shape index (κ3) is 2.93. The fraction of sp³-hybridized carbons (Fsp3) is 0.571. The molecule has 2 atom stereocenters. The average molecular weight is 254 g/mol. The number of halogens is 1. The number of benzene rings is 1. The summed E-state index contributed by atoms with van der Waals surface area (Å²) in [7, 11) is 2.02. The minimum absolute atomic E-state index is 0.340. The molecule has 94 valence electrons. The molecular formula is C14H20ClNO. The minimum atomic E-state index is 0.340. The summed E-state index contributed by atoms with van der Waals surface area (Å²) in [6, 6.07) is 4.67. The SMILES string of the molecule is CNC1CCC(Oc2cc(C)c(Cl)c(C)c2)C1. The van der Waals surface area contributed by atoms with Crippen molar-refractivity contribution in [2.75, 3.05) is 7.05 Å². The van der Waals surface area contributed by atoms with Crippen molar-refractivity contribution in [3.8, 4) is 5.75 Å². The van der Waals surface area contributed by atoms with Crippen molar-refractivity contribution < 1.29 is 4.74 Å². The van der Waals surface area contributed by atoms with Gasteiger partial charge >= 0.3 is 0 Å². The maximum atomic E-state index is 6.15. The van der Waals surface area contributed by atoms with Crippen molar-refractivity contribution in [2.24, 2.45) is 0 Å². The molecule has 2 nitrogen and oxygen atoms in total. The number of hydrogen-bond acceptors (Lipinski definition) is 2. The Morgan fingerprint density at radius 3 is 2.41 bits per heavy atom. The lowest BCUT2D eigenvalue weighted by molar-refractivity contribution is 0.206.